The van der Waals surface area contributed by atoms with Crippen molar-refractivity contribution in [3.63, 3.8) is 0 Å². The highest BCUT2D eigenvalue weighted by Crippen LogP contribution is 2.40. The number of rotatable bonds is 2. The lowest BCUT2D eigenvalue weighted by atomic mass is 10.2. The Morgan fingerprint density at radius 2 is 2.21 bits per heavy atom. The van der Waals surface area contributed by atoms with Gasteiger partial charge in [0, 0.05) is 10.3 Å². The summed E-state index contributed by atoms with van der Waals surface area (Å²) in [6.45, 7) is 0. The van der Waals surface area contributed by atoms with Crippen molar-refractivity contribution < 1.29 is 4.74 Å². The van der Waals surface area contributed by atoms with Gasteiger partial charge in [-0.15, -0.1) is 23.1 Å². The van der Waals surface area contributed by atoms with Crippen LogP contribution in [0.5, 0.6) is 5.75 Å². The molecule has 0 radical (unpaired) electrons. The first-order valence-corrected chi connectivity index (χ1v) is 6.26. The predicted octanol–water partition coefficient (Wildman–Crippen LogP) is 3.21. The van der Waals surface area contributed by atoms with Gasteiger partial charge in [-0.25, -0.2) is 0 Å². The molecule has 2 N–H and O–H groups in total. The first-order valence-electron chi connectivity index (χ1n) is 4.15. The number of thiophene rings is 1. The third-order valence-corrected chi connectivity index (χ3v) is 4.06. The van der Waals surface area contributed by atoms with Crippen LogP contribution in [0.1, 0.15) is 0 Å². The molecule has 0 aliphatic rings. The van der Waals surface area contributed by atoms with Crippen LogP contribution in [0.15, 0.2) is 22.4 Å². The van der Waals surface area contributed by atoms with Crippen LogP contribution < -0.4 is 10.5 Å². The monoisotopic (exact) mass is 225 g/mol. The molecular weight excluding hydrogens is 214 g/mol. The summed E-state index contributed by atoms with van der Waals surface area (Å²) in [5, 5.41) is 3.01. The molecule has 0 aliphatic heterocycles. The van der Waals surface area contributed by atoms with Gasteiger partial charge < -0.3 is 10.5 Å². The normalized spacial score (nSPS) is 10.7. The molecule has 0 fully saturated rings. The number of anilines is 1. The Morgan fingerprint density at radius 3 is 2.86 bits per heavy atom. The average Bonchev–Trinajstić information content (AvgIpc) is 2.60. The zero-order chi connectivity index (χ0) is 10.1. The number of thioether (sulfide) groups is 1. The molecule has 2 aromatic rings. The smallest absolute Gasteiger partial charge is 0.129 e. The number of methoxy groups -OCH3 is 1. The van der Waals surface area contributed by atoms with E-state index in [1.807, 2.05) is 11.4 Å². The summed E-state index contributed by atoms with van der Waals surface area (Å²) in [5.41, 5.74) is 6.70. The number of nitrogens with two attached hydrogens (primary N) is 1. The van der Waals surface area contributed by atoms with Crippen LogP contribution in [0.3, 0.4) is 0 Å². The third kappa shape index (κ3) is 1.35. The van der Waals surface area contributed by atoms with Crippen LogP contribution in [0, 0.1) is 0 Å². The second-order valence-corrected chi connectivity index (χ2v) is 4.59. The van der Waals surface area contributed by atoms with E-state index in [0.717, 1.165) is 16.8 Å². The molecule has 2 rings (SSSR count). The van der Waals surface area contributed by atoms with E-state index < -0.39 is 0 Å². The van der Waals surface area contributed by atoms with Crippen molar-refractivity contribution in [2.75, 3.05) is 19.1 Å². The van der Waals surface area contributed by atoms with E-state index in [9.17, 15) is 0 Å². The summed E-state index contributed by atoms with van der Waals surface area (Å²) in [4.78, 5) is 1.25. The Kier molecular flexibility index (Phi) is 2.56. The van der Waals surface area contributed by atoms with Crippen LogP contribution in [0.4, 0.5) is 5.69 Å². The molecule has 1 aromatic carbocycles. The first kappa shape index (κ1) is 9.68. The summed E-state index contributed by atoms with van der Waals surface area (Å²) in [5.74, 6) is 0.858. The molecular formula is C10H11NOS2. The molecule has 0 saturated heterocycles. The van der Waals surface area contributed by atoms with Crippen LogP contribution in [0.2, 0.25) is 0 Å². The van der Waals surface area contributed by atoms with Crippen molar-refractivity contribution in [2.24, 2.45) is 0 Å². The minimum atomic E-state index is 0.803. The lowest BCUT2D eigenvalue weighted by Crippen LogP contribution is -1.87. The molecule has 0 aliphatic carbocycles. The van der Waals surface area contributed by atoms with Gasteiger partial charge >= 0.3 is 0 Å². The van der Waals surface area contributed by atoms with Gasteiger partial charge in [0.05, 0.1) is 22.9 Å². The Labute approximate surface area is 91.1 Å². The van der Waals surface area contributed by atoms with E-state index in [1.165, 1.54) is 9.60 Å². The van der Waals surface area contributed by atoms with Crippen LogP contribution in [-0.4, -0.2) is 13.4 Å². The first-order chi connectivity index (χ1) is 6.77. The number of hydrogen-bond donors (Lipinski definition) is 1. The number of benzene rings is 1. The molecule has 14 heavy (non-hydrogen) atoms. The Morgan fingerprint density at radius 1 is 1.43 bits per heavy atom. The van der Waals surface area contributed by atoms with Crippen molar-refractivity contribution in [1.29, 1.82) is 0 Å². The van der Waals surface area contributed by atoms with E-state index in [2.05, 4.69) is 12.3 Å². The van der Waals surface area contributed by atoms with Gasteiger partial charge in [0.25, 0.3) is 0 Å². The Hall–Kier alpha value is -0.870. The van der Waals surface area contributed by atoms with Crippen molar-refractivity contribution in [3.8, 4) is 5.75 Å². The quantitative estimate of drug-likeness (QED) is 0.797. The van der Waals surface area contributed by atoms with Crippen molar-refractivity contribution in [1.82, 2.24) is 0 Å². The molecule has 0 amide bonds. The highest BCUT2D eigenvalue weighted by atomic mass is 32.2. The molecule has 0 atom stereocenters. The van der Waals surface area contributed by atoms with Gasteiger partial charge in [0.2, 0.25) is 0 Å². The fourth-order valence-corrected chi connectivity index (χ4v) is 3.22. The third-order valence-electron chi connectivity index (χ3n) is 2.12. The molecule has 1 heterocycles. The molecule has 0 saturated carbocycles. The van der Waals surface area contributed by atoms with Gasteiger partial charge in [-0.1, -0.05) is 0 Å². The Balaban J connectivity index is 2.81. The number of hydrogen-bond acceptors (Lipinski definition) is 4. The highest BCUT2D eigenvalue weighted by molar-refractivity contribution is 7.99. The van der Waals surface area contributed by atoms with E-state index in [0.29, 0.717) is 0 Å². The summed E-state index contributed by atoms with van der Waals surface area (Å²) in [6, 6.07) is 4.04. The Bertz CT molecular complexity index is 464. The van der Waals surface area contributed by atoms with Gasteiger partial charge in [-0.05, 0) is 18.4 Å². The van der Waals surface area contributed by atoms with Crippen LogP contribution in [-0.2, 0) is 0 Å². The van der Waals surface area contributed by atoms with Gasteiger partial charge in [-0.3, -0.25) is 0 Å². The van der Waals surface area contributed by atoms with E-state index in [-0.39, 0.29) is 0 Å². The summed E-state index contributed by atoms with van der Waals surface area (Å²) >= 11 is 3.40. The average molecular weight is 225 g/mol. The minimum absolute atomic E-state index is 0.803. The van der Waals surface area contributed by atoms with Crippen LogP contribution >= 0.6 is 23.1 Å². The molecule has 0 spiro atoms. The zero-order valence-corrected chi connectivity index (χ0v) is 9.67. The van der Waals surface area contributed by atoms with Gasteiger partial charge in [-0.2, -0.15) is 0 Å². The maximum absolute atomic E-state index is 5.90. The zero-order valence-electron chi connectivity index (χ0n) is 8.03. The molecule has 2 nitrogen and oxygen atoms in total. The van der Waals surface area contributed by atoms with Gasteiger partial charge in [0.1, 0.15) is 5.75 Å². The summed E-state index contributed by atoms with van der Waals surface area (Å²) in [6.07, 6.45) is 2.07. The highest BCUT2D eigenvalue weighted by Gasteiger charge is 2.10. The lowest BCUT2D eigenvalue weighted by Gasteiger charge is -2.05. The fourth-order valence-electron chi connectivity index (χ4n) is 1.45. The molecule has 4 heteroatoms. The lowest BCUT2D eigenvalue weighted by molar-refractivity contribution is 0.420. The van der Waals surface area contributed by atoms with Gasteiger partial charge in [0.15, 0.2) is 0 Å². The number of fused-ring (bicyclic) bond motifs is 1. The molecule has 74 valence electrons. The minimum Gasteiger partial charge on any atom is -0.496 e. The van der Waals surface area contributed by atoms with Crippen molar-refractivity contribution >= 4 is 38.9 Å². The molecule has 0 bridgehead atoms. The molecule has 1 aromatic heterocycles. The van der Waals surface area contributed by atoms with E-state index in [1.54, 1.807) is 30.2 Å². The topological polar surface area (TPSA) is 35.2 Å². The van der Waals surface area contributed by atoms with E-state index in [4.69, 9.17) is 10.5 Å². The summed E-state index contributed by atoms with van der Waals surface area (Å²) < 4.78 is 6.50. The summed E-state index contributed by atoms with van der Waals surface area (Å²) in [7, 11) is 1.67. The maximum Gasteiger partial charge on any atom is 0.129 e. The second kappa shape index (κ2) is 3.71. The fraction of sp³-hybridized carbons (Fsp3) is 0.200. The largest absolute Gasteiger partial charge is 0.496 e. The SMILES string of the molecule is COc1ccc(SC)c2scc(N)c12. The van der Waals surface area contributed by atoms with Crippen LogP contribution in [0.25, 0.3) is 10.1 Å². The van der Waals surface area contributed by atoms with E-state index >= 15 is 0 Å². The van der Waals surface area contributed by atoms with Crippen molar-refractivity contribution in [2.45, 2.75) is 4.90 Å². The maximum atomic E-state index is 5.90. The van der Waals surface area contributed by atoms with Crippen molar-refractivity contribution in [3.05, 3.63) is 17.5 Å². The predicted molar refractivity (Wildman–Crippen MR) is 64.6 cm³/mol. The second-order valence-electron chi connectivity index (χ2n) is 2.87. The molecule has 0 unspecified atom stereocenters. The number of nitrogen functional groups attached to an aromatic ring is 1. The number of ether oxygens (including phenoxy) is 1. The standard InChI is InChI=1S/C10H11NOS2/c1-12-7-3-4-8(13-2)10-9(7)6(11)5-14-10/h3-5H,11H2,1-2H3.